The van der Waals surface area contributed by atoms with E-state index in [-0.39, 0.29) is 5.56 Å². The van der Waals surface area contributed by atoms with E-state index < -0.39 is 33.7 Å². The predicted molar refractivity (Wildman–Crippen MR) is 63.1 cm³/mol. The zero-order chi connectivity index (χ0) is 14.5. The van der Waals surface area contributed by atoms with Gasteiger partial charge in [0.25, 0.3) is 5.69 Å². The lowest BCUT2D eigenvalue weighted by Crippen LogP contribution is -2.11. The number of hydrogen-bond acceptors (Lipinski definition) is 4. The van der Waals surface area contributed by atoms with Crippen molar-refractivity contribution in [3.8, 4) is 0 Å². The van der Waals surface area contributed by atoms with Gasteiger partial charge in [0.05, 0.1) is 16.1 Å². The number of carboxylic acids is 2. The van der Waals surface area contributed by atoms with Crippen molar-refractivity contribution in [2.45, 2.75) is 20.8 Å². The summed E-state index contributed by atoms with van der Waals surface area (Å²) in [5.41, 5.74) is -1.60. The average Bonchev–Trinajstić information content (AvgIpc) is 2.29. The van der Waals surface area contributed by atoms with Crippen LogP contribution in [0.3, 0.4) is 0 Å². The number of hydrogen-bond donors (Lipinski definition) is 2. The molecule has 7 nitrogen and oxygen atoms in total. The van der Waals surface area contributed by atoms with Gasteiger partial charge in [-0.1, -0.05) is 13.8 Å². The molecule has 0 heterocycles. The summed E-state index contributed by atoms with van der Waals surface area (Å²) < 4.78 is 0. The molecule has 0 aromatic heterocycles. The van der Waals surface area contributed by atoms with Crippen molar-refractivity contribution in [3.63, 3.8) is 0 Å². The first-order chi connectivity index (χ1) is 8.36. The summed E-state index contributed by atoms with van der Waals surface area (Å²) >= 11 is 0. The van der Waals surface area contributed by atoms with Crippen LogP contribution in [-0.4, -0.2) is 27.1 Å². The highest BCUT2D eigenvalue weighted by molar-refractivity contribution is 6.03. The van der Waals surface area contributed by atoms with E-state index in [1.807, 2.05) is 13.8 Å². The van der Waals surface area contributed by atoms with Crippen LogP contribution in [-0.2, 0) is 0 Å². The molecule has 0 unspecified atom stereocenters. The Kier molecular flexibility index (Phi) is 5.47. The summed E-state index contributed by atoms with van der Waals surface area (Å²) in [5.74, 6) is -2.94. The van der Waals surface area contributed by atoms with E-state index in [0.717, 1.165) is 12.1 Å². The molecule has 0 atom stereocenters. The second-order valence-electron chi connectivity index (χ2n) is 3.00. The molecule has 98 valence electrons. The van der Waals surface area contributed by atoms with Gasteiger partial charge in [-0.3, -0.25) is 10.1 Å². The highest BCUT2D eigenvalue weighted by Gasteiger charge is 2.24. The molecule has 0 aliphatic heterocycles. The molecule has 7 heteroatoms. The standard InChI is InChI=1S/C9H7NO6.C2H6/c1-4-6(10(15)16)3-2-5(8(11)12)7(4)9(13)14;1-2/h2-3H,1H3,(H,11,12)(H,13,14);1-2H3. The number of nitro groups is 1. The summed E-state index contributed by atoms with van der Waals surface area (Å²) in [6.07, 6.45) is 0. The molecule has 0 saturated carbocycles. The molecule has 0 spiro atoms. The molecule has 0 radical (unpaired) electrons. The highest BCUT2D eigenvalue weighted by Crippen LogP contribution is 2.24. The van der Waals surface area contributed by atoms with Gasteiger partial charge in [-0.25, -0.2) is 9.59 Å². The number of benzene rings is 1. The van der Waals surface area contributed by atoms with E-state index in [1.54, 1.807) is 0 Å². The topological polar surface area (TPSA) is 118 Å². The van der Waals surface area contributed by atoms with Crippen molar-refractivity contribution in [2.75, 3.05) is 0 Å². The SMILES string of the molecule is CC.Cc1c([N+](=O)[O-])ccc(C(=O)O)c1C(=O)O. The highest BCUT2D eigenvalue weighted by atomic mass is 16.6. The molecule has 2 N–H and O–H groups in total. The van der Waals surface area contributed by atoms with Crippen LogP contribution in [0.2, 0.25) is 0 Å². The molecular weight excluding hydrogens is 242 g/mol. The normalized spacial score (nSPS) is 9.06. The molecule has 1 rings (SSSR count). The maximum absolute atomic E-state index is 10.8. The van der Waals surface area contributed by atoms with Gasteiger partial charge in [-0.2, -0.15) is 0 Å². The number of nitrogens with zero attached hydrogens (tertiary/aromatic N) is 1. The number of carbonyl (C=O) groups is 2. The third kappa shape index (κ3) is 3.03. The van der Waals surface area contributed by atoms with E-state index in [9.17, 15) is 19.7 Å². The fraction of sp³-hybridized carbons (Fsp3) is 0.273. The van der Waals surface area contributed by atoms with Crippen molar-refractivity contribution >= 4 is 17.6 Å². The van der Waals surface area contributed by atoms with Crippen LogP contribution in [0.25, 0.3) is 0 Å². The number of nitro benzene ring substituents is 1. The van der Waals surface area contributed by atoms with E-state index in [0.29, 0.717) is 0 Å². The van der Waals surface area contributed by atoms with Gasteiger partial charge >= 0.3 is 11.9 Å². The Balaban J connectivity index is 0.00000137. The van der Waals surface area contributed by atoms with Crippen molar-refractivity contribution in [2.24, 2.45) is 0 Å². The Bertz CT molecular complexity index is 495. The third-order valence-electron chi connectivity index (χ3n) is 2.08. The molecule has 0 amide bonds. The van der Waals surface area contributed by atoms with Crippen molar-refractivity contribution in [1.82, 2.24) is 0 Å². The number of aromatic carboxylic acids is 2. The smallest absolute Gasteiger partial charge is 0.337 e. The van der Waals surface area contributed by atoms with Gasteiger partial charge in [0, 0.05) is 11.6 Å². The van der Waals surface area contributed by atoms with Crippen LogP contribution in [0.15, 0.2) is 12.1 Å². The number of rotatable bonds is 3. The molecular formula is C11H13NO6. The van der Waals surface area contributed by atoms with Crippen LogP contribution >= 0.6 is 0 Å². The van der Waals surface area contributed by atoms with Crippen LogP contribution in [0.1, 0.15) is 40.1 Å². The van der Waals surface area contributed by atoms with Gasteiger partial charge in [-0.15, -0.1) is 0 Å². The fourth-order valence-corrected chi connectivity index (χ4v) is 1.35. The molecule has 1 aromatic carbocycles. The molecule has 0 bridgehead atoms. The van der Waals surface area contributed by atoms with Crippen molar-refractivity contribution in [1.29, 1.82) is 0 Å². The maximum atomic E-state index is 10.8. The minimum Gasteiger partial charge on any atom is -0.478 e. The van der Waals surface area contributed by atoms with E-state index >= 15 is 0 Å². The van der Waals surface area contributed by atoms with Crippen LogP contribution in [0.5, 0.6) is 0 Å². The molecule has 0 fully saturated rings. The van der Waals surface area contributed by atoms with E-state index in [1.165, 1.54) is 6.92 Å². The van der Waals surface area contributed by atoms with Crippen molar-refractivity contribution < 1.29 is 24.7 Å². The summed E-state index contributed by atoms with van der Waals surface area (Å²) in [7, 11) is 0. The van der Waals surface area contributed by atoms with Crippen molar-refractivity contribution in [3.05, 3.63) is 38.9 Å². The summed E-state index contributed by atoms with van der Waals surface area (Å²) in [5, 5.41) is 28.1. The van der Waals surface area contributed by atoms with Gasteiger partial charge in [-0.05, 0) is 13.0 Å². The summed E-state index contributed by atoms with van der Waals surface area (Å²) in [4.78, 5) is 31.3. The monoisotopic (exact) mass is 255 g/mol. The lowest BCUT2D eigenvalue weighted by atomic mass is 10.0. The minimum absolute atomic E-state index is 0.169. The van der Waals surface area contributed by atoms with E-state index in [4.69, 9.17) is 10.2 Å². The zero-order valence-electron chi connectivity index (χ0n) is 10.1. The van der Waals surface area contributed by atoms with Gasteiger partial charge in [0.1, 0.15) is 0 Å². The Labute approximate surface area is 103 Å². The average molecular weight is 255 g/mol. The zero-order valence-corrected chi connectivity index (χ0v) is 10.1. The largest absolute Gasteiger partial charge is 0.478 e. The first kappa shape index (κ1) is 15.6. The molecule has 1 aromatic rings. The van der Waals surface area contributed by atoms with Gasteiger partial charge in [0.15, 0.2) is 0 Å². The number of carboxylic acid groups (broad SMARTS) is 2. The van der Waals surface area contributed by atoms with Crippen LogP contribution < -0.4 is 0 Å². The molecule has 0 saturated heterocycles. The maximum Gasteiger partial charge on any atom is 0.337 e. The summed E-state index contributed by atoms with van der Waals surface area (Å²) in [6, 6.07) is 1.89. The first-order valence-corrected chi connectivity index (χ1v) is 5.10. The Morgan fingerprint density at radius 3 is 2.00 bits per heavy atom. The second-order valence-corrected chi connectivity index (χ2v) is 3.00. The fourth-order valence-electron chi connectivity index (χ4n) is 1.35. The Morgan fingerprint density at radius 2 is 1.67 bits per heavy atom. The Hall–Kier alpha value is -2.44. The quantitative estimate of drug-likeness (QED) is 0.632. The van der Waals surface area contributed by atoms with E-state index in [2.05, 4.69) is 0 Å². The first-order valence-electron chi connectivity index (χ1n) is 5.10. The van der Waals surface area contributed by atoms with Gasteiger partial charge < -0.3 is 10.2 Å². The second kappa shape index (κ2) is 6.33. The molecule has 0 aliphatic rings. The van der Waals surface area contributed by atoms with Gasteiger partial charge in [0.2, 0.25) is 0 Å². The minimum atomic E-state index is -1.50. The third-order valence-corrected chi connectivity index (χ3v) is 2.08. The van der Waals surface area contributed by atoms with Crippen LogP contribution in [0, 0.1) is 17.0 Å². The lowest BCUT2D eigenvalue weighted by Gasteiger charge is -2.05. The molecule has 18 heavy (non-hydrogen) atoms. The Morgan fingerprint density at radius 1 is 1.17 bits per heavy atom. The summed E-state index contributed by atoms with van der Waals surface area (Å²) in [6.45, 7) is 5.20. The lowest BCUT2D eigenvalue weighted by molar-refractivity contribution is -0.385. The molecule has 0 aliphatic carbocycles. The predicted octanol–water partition coefficient (Wildman–Crippen LogP) is 2.33. The van der Waals surface area contributed by atoms with Crippen LogP contribution in [0.4, 0.5) is 5.69 Å².